The fraction of sp³-hybridized carbons (Fsp3) is 0.357. The van der Waals surface area contributed by atoms with Gasteiger partial charge >= 0.3 is 0 Å². The van der Waals surface area contributed by atoms with Crippen LogP contribution in [0.15, 0.2) is 59.9 Å². The Balaban J connectivity index is 1.33. The SMILES string of the molecule is CC1C2=C(CC(C)(C)CC2=O)Nc2ccccc2N1CC(=O)NCCc1c[nH]c2ccc(F)cc12. The highest BCUT2D eigenvalue weighted by Crippen LogP contribution is 2.43. The van der Waals surface area contributed by atoms with Gasteiger partial charge in [0, 0.05) is 41.3 Å². The molecule has 0 fully saturated rings. The van der Waals surface area contributed by atoms with Crippen LogP contribution in [0.5, 0.6) is 0 Å². The predicted octanol–water partition coefficient (Wildman–Crippen LogP) is 4.93. The summed E-state index contributed by atoms with van der Waals surface area (Å²) in [5.74, 6) is -0.259. The average Bonchev–Trinajstić information content (AvgIpc) is 3.14. The summed E-state index contributed by atoms with van der Waals surface area (Å²) >= 11 is 0. The number of aromatic nitrogens is 1. The van der Waals surface area contributed by atoms with Crippen molar-refractivity contribution in [3.8, 4) is 0 Å². The summed E-state index contributed by atoms with van der Waals surface area (Å²) in [5.41, 5.74) is 5.28. The van der Waals surface area contributed by atoms with E-state index in [2.05, 4.69) is 29.5 Å². The second-order valence-electron chi connectivity index (χ2n) is 10.4. The van der Waals surface area contributed by atoms with Crippen molar-refractivity contribution in [1.29, 1.82) is 0 Å². The molecule has 2 heterocycles. The number of para-hydroxylation sites is 2. The molecule has 1 aliphatic carbocycles. The molecule has 1 amide bonds. The first-order valence-corrected chi connectivity index (χ1v) is 12.1. The van der Waals surface area contributed by atoms with Crippen LogP contribution in [0.3, 0.4) is 0 Å². The van der Waals surface area contributed by atoms with Crippen LogP contribution in [0.4, 0.5) is 15.8 Å². The fourth-order valence-electron chi connectivity index (χ4n) is 5.41. The van der Waals surface area contributed by atoms with E-state index in [0.29, 0.717) is 19.4 Å². The van der Waals surface area contributed by atoms with Crippen molar-refractivity contribution in [2.24, 2.45) is 5.41 Å². The number of amides is 1. The number of anilines is 2. The second kappa shape index (κ2) is 8.87. The summed E-state index contributed by atoms with van der Waals surface area (Å²) in [6.45, 7) is 6.81. The third-order valence-electron chi connectivity index (χ3n) is 7.06. The summed E-state index contributed by atoms with van der Waals surface area (Å²) in [4.78, 5) is 31.4. The maximum Gasteiger partial charge on any atom is 0.239 e. The van der Waals surface area contributed by atoms with Crippen LogP contribution in [0.2, 0.25) is 0 Å². The Morgan fingerprint density at radius 3 is 2.83 bits per heavy atom. The van der Waals surface area contributed by atoms with Gasteiger partial charge in [0.2, 0.25) is 5.91 Å². The van der Waals surface area contributed by atoms with E-state index in [1.807, 2.05) is 42.3 Å². The van der Waals surface area contributed by atoms with Crippen LogP contribution in [0, 0.1) is 11.2 Å². The Hall–Kier alpha value is -3.61. The summed E-state index contributed by atoms with van der Waals surface area (Å²) in [5, 5.41) is 7.35. The van der Waals surface area contributed by atoms with Gasteiger partial charge in [-0.05, 0) is 61.1 Å². The van der Waals surface area contributed by atoms with Gasteiger partial charge in [0.05, 0.1) is 24.0 Å². The highest BCUT2D eigenvalue weighted by molar-refractivity contribution is 6.01. The normalized spacial score (nSPS) is 19.1. The van der Waals surface area contributed by atoms with Gasteiger partial charge in [-0.25, -0.2) is 4.39 Å². The number of nitrogens with one attached hydrogen (secondary N) is 3. The average molecular weight is 475 g/mol. The molecule has 1 aliphatic heterocycles. The van der Waals surface area contributed by atoms with Crippen molar-refractivity contribution in [2.45, 2.75) is 46.1 Å². The number of H-pyrrole nitrogens is 1. The van der Waals surface area contributed by atoms with Gasteiger partial charge in [-0.3, -0.25) is 9.59 Å². The number of Topliss-reactive ketones (excluding diaryl/α,β-unsaturated/α-hetero) is 1. The molecule has 35 heavy (non-hydrogen) atoms. The van der Waals surface area contributed by atoms with Crippen LogP contribution in [0.25, 0.3) is 10.9 Å². The molecule has 2 aliphatic rings. The standard InChI is InChI=1S/C28H31FN4O2/c1-17-27-23(13-28(2,3)14-25(27)34)32-22-6-4-5-7-24(22)33(17)16-26(35)30-11-10-18-15-31-21-9-8-19(29)12-20(18)21/h4-9,12,15,17,31-32H,10-11,13-14,16H2,1-3H3,(H,30,35). The van der Waals surface area contributed by atoms with Gasteiger partial charge < -0.3 is 20.5 Å². The minimum absolute atomic E-state index is 0.102. The molecular weight excluding hydrogens is 443 g/mol. The number of aromatic amines is 1. The van der Waals surface area contributed by atoms with Gasteiger partial charge in [0.25, 0.3) is 0 Å². The Kier molecular flexibility index (Phi) is 5.87. The zero-order valence-corrected chi connectivity index (χ0v) is 20.4. The third kappa shape index (κ3) is 4.55. The lowest BCUT2D eigenvalue weighted by atomic mass is 9.74. The molecule has 0 radical (unpaired) electrons. The van der Waals surface area contributed by atoms with Crippen molar-refractivity contribution in [1.82, 2.24) is 10.3 Å². The van der Waals surface area contributed by atoms with Crippen molar-refractivity contribution in [3.63, 3.8) is 0 Å². The minimum atomic E-state index is -0.279. The van der Waals surface area contributed by atoms with Crippen LogP contribution in [-0.4, -0.2) is 35.8 Å². The van der Waals surface area contributed by atoms with E-state index < -0.39 is 0 Å². The van der Waals surface area contributed by atoms with Gasteiger partial charge in [-0.2, -0.15) is 0 Å². The number of hydrogen-bond donors (Lipinski definition) is 3. The molecule has 1 atom stereocenters. The van der Waals surface area contributed by atoms with Crippen LogP contribution < -0.4 is 15.5 Å². The van der Waals surface area contributed by atoms with Crippen molar-refractivity contribution >= 4 is 34.0 Å². The molecule has 3 N–H and O–H groups in total. The Bertz CT molecular complexity index is 1340. The third-order valence-corrected chi connectivity index (χ3v) is 7.06. The van der Waals surface area contributed by atoms with E-state index in [9.17, 15) is 14.0 Å². The monoisotopic (exact) mass is 474 g/mol. The summed E-state index contributed by atoms with van der Waals surface area (Å²) in [6.07, 6.45) is 3.74. The highest BCUT2D eigenvalue weighted by Gasteiger charge is 2.39. The number of carbonyl (C=O) groups excluding carboxylic acids is 2. The summed E-state index contributed by atoms with van der Waals surface area (Å²) < 4.78 is 13.7. The number of rotatable bonds is 5. The predicted molar refractivity (Wildman–Crippen MR) is 137 cm³/mol. The topological polar surface area (TPSA) is 77.2 Å². The number of halogens is 1. The molecule has 0 bridgehead atoms. The molecule has 3 aromatic rings. The van der Waals surface area contributed by atoms with Crippen molar-refractivity contribution in [2.75, 3.05) is 23.3 Å². The molecular formula is C28H31FN4O2. The van der Waals surface area contributed by atoms with E-state index in [4.69, 9.17) is 0 Å². The lowest BCUT2D eigenvalue weighted by Crippen LogP contribution is -2.45. The number of fused-ring (bicyclic) bond motifs is 2. The number of hydrogen-bond acceptors (Lipinski definition) is 4. The van der Waals surface area contributed by atoms with Crippen molar-refractivity contribution in [3.05, 3.63) is 71.3 Å². The molecule has 0 saturated heterocycles. The minimum Gasteiger partial charge on any atom is -0.361 e. The van der Waals surface area contributed by atoms with Gasteiger partial charge in [0.15, 0.2) is 5.78 Å². The first kappa shape index (κ1) is 23.1. The molecule has 182 valence electrons. The maximum absolute atomic E-state index is 13.7. The number of ketones is 1. The smallest absolute Gasteiger partial charge is 0.239 e. The van der Waals surface area contributed by atoms with Gasteiger partial charge in [-0.1, -0.05) is 26.0 Å². The van der Waals surface area contributed by atoms with Gasteiger partial charge in [-0.15, -0.1) is 0 Å². The molecule has 0 saturated carbocycles. The van der Waals surface area contributed by atoms with E-state index in [0.717, 1.165) is 45.5 Å². The van der Waals surface area contributed by atoms with Crippen LogP contribution >= 0.6 is 0 Å². The maximum atomic E-state index is 13.7. The van der Waals surface area contributed by atoms with E-state index in [1.165, 1.54) is 12.1 Å². The summed E-state index contributed by atoms with van der Waals surface area (Å²) in [7, 11) is 0. The van der Waals surface area contributed by atoms with E-state index in [1.54, 1.807) is 6.07 Å². The van der Waals surface area contributed by atoms with Crippen LogP contribution in [-0.2, 0) is 16.0 Å². The Labute approximate surface area is 204 Å². The molecule has 1 unspecified atom stereocenters. The lowest BCUT2D eigenvalue weighted by Gasteiger charge is -2.36. The zero-order chi connectivity index (χ0) is 24.7. The first-order valence-electron chi connectivity index (χ1n) is 12.1. The summed E-state index contributed by atoms with van der Waals surface area (Å²) in [6, 6.07) is 12.3. The first-order chi connectivity index (χ1) is 16.7. The molecule has 7 heteroatoms. The molecule has 5 rings (SSSR count). The Morgan fingerprint density at radius 2 is 2.00 bits per heavy atom. The van der Waals surface area contributed by atoms with E-state index in [-0.39, 0.29) is 35.5 Å². The van der Waals surface area contributed by atoms with Crippen molar-refractivity contribution < 1.29 is 14.0 Å². The number of nitrogens with zero attached hydrogens (tertiary/aromatic N) is 1. The van der Waals surface area contributed by atoms with Gasteiger partial charge in [0.1, 0.15) is 5.82 Å². The number of allylic oxidation sites excluding steroid dienone is 1. The van der Waals surface area contributed by atoms with E-state index >= 15 is 0 Å². The fourth-order valence-corrected chi connectivity index (χ4v) is 5.41. The highest BCUT2D eigenvalue weighted by atomic mass is 19.1. The number of carbonyl (C=O) groups is 2. The quantitative estimate of drug-likeness (QED) is 0.490. The lowest BCUT2D eigenvalue weighted by molar-refractivity contribution is -0.120. The molecule has 2 aromatic carbocycles. The zero-order valence-electron chi connectivity index (χ0n) is 20.4. The molecule has 0 spiro atoms. The van der Waals surface area contributed by atoms with Crippen LogP contribution in [0.1, 0.15) is 39.2 Å². The molecule has 6 nitrogen and oxygen atoms in total. The Morgan fingerprint density at radius 1 is 1.20 bits per heavy atom. The number of benzene rings is 2. The second-order valence-corrected chi connectivity index (χ2v) is 10.4. The molecule has 1 aromatic heterocycles. The largest absolute Gasteiger partial charge is 0.361 e.